The Labute approximate surface area is 262 Å². The van der Waals surface area contributed by atoms with Gasteiger partial charge in [-0.15, -0.1) is 0 Å². The van der Waals surface area contributed by atoms with Crippen molar-refractivity contribution < 1.29 is 21.0 Å². The van der Waals surface area contributed by atoms with Crippen LogP contribution >= 0.6 is 0 Å². The van der Waals surface area contributed by atoms with E-state index in [1.807, 2.05) is 0 Å². The first-order valence-electron chi connectivity index (χ1n) is 17.9. The summed E-state index contributed by atoms with van der Waals surface area (Å²) < 4.78 is 8.19. The zero-order valence-corrected chi connectivity index (χ0v) is 26.7. The second-order valence-electron chi connectivity index (χ2n) is 15.4. The molecule has 0 radical (unpaired) electrons. The van der Waals surface area contributed by atoms with Crippen LogP contribution in [0.15, 0.2) is 0 Å². The van der Waals surface area contributed by atoms with Crippen molar-refractivity contribution in [3.8, 4) is 0 Å². The van der Waals surface area contributed by atoms with Crippen LogP contribution in [0.1, 0.15) is 103 Å². The molecule has 4 aliphatic carbocycles. The van der Waals surface area contributed by atoms with E-state index in [4.69, 9.17) is 14.3 Å². The molecule has 0 aromatic carbocycles. The second-order valence-corrected chi connectivity index (χ2v) is 15.4. The van der Waals surface area contributed by atoms with Crippen LogP contribution in [0.5, 0.6) is 0 Å². The molecule has 0 amide bonds. The van der Waals surface area contributed by atoms with E-state index in [0.717, 1.165) is 41.0 Å². The SMILES string of the molecule is C1CCC2C3[N-]C(NC4[N-]C(NC5NC(NC6NC(N3)C3CCCCC63)C3CCCCC53)C3CCCCC43)C2C1.[O]=[V+2]. The van der Waals surface area contributed by atoms with Crippen molar-refractivity contribution >= 4 is 0 Å². The molecule has 9 aliphatic rings. The Morgan fingerprint density at radius 1 is 0.333 bits per heavy atom. The van der Waals surface area contributed by atoms with Gasteiger partial charge >= 0.3 is 21.0 Å². The normalized spacial score (nSPS) is 55.0. The predicted octanol–water partition coefficient (Wildman–Crippen LogP) is 4.05. The van der Waals surface area contributed by atoms with Crippen LogP contribution in [0, 0.1) is 47.3 Å². The van der Waals surface area contributed by atoms with Crippen LogP contribution in [0.4, 0.5) is 0 Å². The van der Waals surface area contributed by atoms with Gasteiger partial charge in [0, 0.05) is 0 Å². The molecule has 0 aromatic rings. The summed E-state index contributed by atoms with van der Waals surface area (Å²) in [6.07, 6.45) is 24.5. The van der Waals surface area contributed by atoms with Crippen LogP contribution in [-0.4, -0.2) is 49.3 Å². The zero-order valence-electron chi connectivity index (χ0n) is 25.3. The van der Waals surface area contributed by atoms with Crippen molar-refractivity contribution in [1.82, 2.24) is 31.9 Å². The predicted molar refractivity (Wildman–Crippen MR) is 158 cm³/mol. The quantitative estimate of drug-likeness (QED) is 0.243. The average Bonchev–Trinajstić information content (AvgIpc) is 3.78. The van der Waals surface area contributed by atoms with Gasteiger partial charge in [0.25, 0.3) is 0 Å². The first-order chi connectivity index (χ1) is 20.8. The monoisotopic (exact) mass is 617 g/mol. The van der Waals surface area contributed by atoms with Gasteiger partial charge < -0.3 is 26.6 Å². The van der Waals surface area contributed by atoms with E-state index in [2.05, 4.69) is 31.9 Å². The molecule has 233 valence electrons. The summed E-state index contributed by atoms with van der Waals surface area (Å²) in [7, 11) is 0. The number of nitrogens with one attached hydrogen (secondary N) is 6. The van der Waals surface area contributed by atoms with Crippen LogP contribution in [-0.2, 0) is 21.0 Å². The van der Waals surface area contributed by atoms with Gasteiger partial charge in [-0.05, 0) is 73.0 Å². The molecule has 5 heterocycles. The minimum atomic E-state index is 0.264. The first kappa shape index (κ1) is 29.5. The van der Waals surface area contributed by atoms with E-state index in [-0.39, 0.29) is 24.7 Å². The van der Waals surface area contributed by atoms with Crippen LogP contribution in [0.2, 0.25) is 0 Å². The van der Waals surface area contributed by atoms with Crippen molar-refractivity contribution in [2.45, 2.75) is 152 Å². The molecule has 4 saturated carbocycles. The molecule has 5 saturated heterocycles. The Morgan fingerprint density at radius 3 is 0.881 bits per heavy atom. The molecule has 9 fully saturated rings. The summed E-state index contributed by atoms with van der Waals surface area (Å²) in [5.74, 6) is 5.59. The fourth-order valence-corrected chi connectivity index (χ4v) is 11.7. The summed E-state index contributed by atoms with van der Waals surface area (Å²) in [5.41, 5.74) is 0. The molecule has 5 aliphatic heterocycles. The first-order valence-corrected chi connectivity index (χ1v) is 18.5. The molecule has 0 spiro atoms. The third-order valence-electron chi connectivity index (χ3n) is 13.6. The summed E-state index contributed by atoms with van der Waals surface area (Å²) in [6, 6.07) is 0. The van der Waals surface area contributed by atoms with Crippen LogP contribution < -0.4 is 31.9 Å². The van der Waals surface area contributed by atoms with Crippen molar-refractivity contribution in [3.63, 3.8) is 0 Å². The van der Waals surface area contributed by atoms with Crippen molar-refractivity contribution in [2.24, 2.45) is 47.3 Å². The van der Waals surface area contributed by atoms with Gasteiger partial charge in [0.05, 0.1) is 24.7 Å². The Bertz CT molecular complexity index is 738. The Hall–Kier alpha value is 0.0644. The number of fused-ring (bicyclic) bond motifs is 20. The molecular weight excluding hydrogens is 563 g/mol. The summed E-state index contributed by atoms with van der Waals surface area (Å²) in [6.45, 7) is 0. The number of hydrogen-bond donors (Lipinski definition) is 6. The van der Waals surface area contributed by atoms with Gasteiger partial charge in [0.1, 0.15) is 0 Å². The number of hydrogen-bond acceptors (Lipinski definition) is 7. The number of rotatable bonds is 0. The van der Waals surface area contributed by atoms with Gasteiger partial charge in [-0.25, -0.2) is 0 Å². The standard InChI is InChI=1S/C32H54N8.O.V/c1-2-10-18-17(9-1)25-33-26(18)38-28-21-13-5-6-14-22(21)30(35-28)40-32-24-16-8-7-15-23(24)31(36-32)39-29-20-12-4-3-11-19(20)27(34-29)37-25;;/h17-34,37-40H,1-16H2;;/q-2;;+2. The van der Waals surface area contributed by atoms with Gasteiger partial charge in [-0.3, -0.25) is 16.0 Å². The maximum absolute atomic E-state index is 8.19. The van der Waals surface area contributed by atoms with Crippen molar-refractivity contribution in [2.75, 3.05) is 0 Å². The molecule has 16 atom stereocenters. The van der Waals surface area contributed by atoms with Gasteiger partial charge in [-0.2, -0.15) is 0 Å². The van der Waals surface area contributed by atoms with Crippen molar-refractivity contribution in [1.29, 1.82) is 0 Å². The molecule has 0 aromatic heterocycles. The van der Waals surface area contributed by atoms with E-state index in [0.29, 0.717) is 48.3 Å². The molecule has 42 heavy (non-hydrogen) atoms. The maximum atomic E-state index is 8.19. The Kier molecular flexibility index (Phi) is 8.90. The Balaban J connectivity index is 0.00000131. The third-order valence-corrected chi connectivity index (χ3v) is 13.6. The van der Waals surface area contributed by atoms with Gasteiger partial charge in [0.2, 0.25) is 0 Å². The topological polar surface area (TPSA) is 117 Å². The van der Waals surface area contributed by atoms with E-state index in [1.165, 1.54) is 103 Å². The van der Waals surface area contributed by atoms with Crippen LogP contribution in [0.25, 0.3) is 10.6 Å². The van der Waals surface area contributed by atoms with Gasteiger partial charge in [0.15, 0.2) is 0 Å². The van der Waals surface area contributed by atoms with Gasteiger partial charge in [-0.1, -0.05) is 102 Å². The van der Waals surface area contributed by atoms with E-state index in [9.17, 15) is 0 Å². The molecule has 6 N–H and O–H groups in total. The summed E-state index contributed by atoms with van der Waals surface area (Å²) in [5, 5.41) is 36.3. The number of nitrogens with zero attached hydrogens (tertiary/aromatic N) is 2. The molecular formula is C32H54N8OV. The fraction of sp³-hybridized carbons (Fsp3) is 1.00. The molecule has 9 rings (SSSR count). The fourth-order valence-electron chi connectivity index (χ4n) is 11.7. The van der Waals surface area contributed by atoms with Crippen LogP contribution in [0.3, 0.4) is 0 Å². The Morgan fingerprint density at radius 2 is 0.571 bits per heavy atom. The second kappa shape index (κ2) is 12.7. The minimum absolute atomic E-state index is 0.264. The van der Waals surface area contributed by atoms with E-state index < -0.39 is 0 Å². The third kappa shape index (κ3) is 5.24. The molecule has 16 unspecified atom stereocenters. The molecule has 9 nitrogen and oxygen atoms in total. The van der Waals surface area contributed by atoms with Crippen molar-refractivity contribution in [3.05, 3.63) is 10.6 Å². The zero-order chi connectivity index (χ0) is 28.2. The molecule has 8 bridgehead atoms. The molecule has 10 heteroatoms. The summed E-state index contributed by atoms with van der Waals surface area (Å²) in [4.78, 5) is 0. The summed E-state index contributed by atoms with van der Waals surface area (Å²) >= 11 is 1.06. The average molecular weight is 618 g/mol. The van der Waals surface area contributed by atoms with E-state index in [1.54, 1.807) is 0 Å². The van der Waals surface area contributed by atoms with E-state index >= 15 is 0 Å².